The third-order valence-corrected chi connectivity index (χ3v) is 2.99. The molecule has 0 heterocycles. The van der Waals surface area contributed by atoms with Crippen LogP contribution in [0.1, 0.15) is 12.8 Å². The van der Waals surface area contributed by atoms with E-state index in [2.05, 4.69) is 11.2 Å². The lowest BCUT2D eigenvalue weighted by molar-refractivity contribution is 0.106. The summed E-state index contributed by atoms with van der Waals surface area (Å²) in [5.41, 5.74) is 0. The van der Waals surface area contributed by atoms with Crippen LogP contribution in [-0.4, -0.2) is 30.9 Å². The number of unbranched alkanes of at least 4 members (excludes halogenated alkanes) is 1. The zero-order valence-corrected chi connectivity index (χ0v) is 12.0. The van der Waals surface area contributed by atoms with E-state index in [4.69, 9.17) is 34.4 Å². The molecule has 2 N–H and O–H groups in total. The first-order chi connectivity index (χ1) is 9.15. The topological polar surface area (TPSA) is 41.5 Å². The number of hydrogen-bond donors (Lipinski definition) is 2. The third kappa shape index (κ3) is 6.17. The second kappa shape index (κ2) is 9.06. The molecule has 104 valence electrons. The van der Waals surface area contributed by atoms with Crippen molar-refractivity contribution in [3.63, 3.8) is 0 Å². The molecule has 0 radical (unpaired) electrons. The van der Waals surface area contributed by atoms with Crippen molar-refractivity contribution in [1.82, 2.24) is 5.32 Å². The summed E-state index contributed by atoms with van der Waals surface area (Å²) in [6, 6.07) is 5.11. The summed E-state index contributed by atoms with van der Waals surface area (Å²) >= 11 is 11.9. The van der Waals surface area contributed by atoms with Gasteiger partial charge in [-0.1, -0.05) is 29.3 Å². The minimum absolute atomic E-state index is 0.131. The Balaban J connectivity index is 2.26. The Bertz CT molecular complexity index is 412. The van der Waals surface area contributed by atoms with Crippen LogP contribution in [0, 0.1) is 12.3 Å². The Morgan fingerprint density at radius 1 is 1.37 bits per heavy atom. The van der Waals surface area contributed by atoms with Gasteiger partial charge in [0.2, 0.25) is 0 Å². The van der Waals surface area contributed by atoms with Crippen LogP contribution in [-0.2, 0) is 0 Å². The lowest BCUT2D eigenvalue weighted by atomic mass is 10.3. The molecule has 5 heteroatoms. The molecule has 3 nitrogen and oxygen atoms in total. The largest absolute Gasteiger partial charge is 0.488 e. The van der Waals surface area contributed by atoms with E-state index in [1.54, 1.807) is 18.2 Å². The fourth-order valence-corrected chi connectivity index (χ4v) is 1.95. The lowest BCUT2D eigenvalue weighted by Crippen LogP contribution is -2.32. The second-order valence-corrected chi connectivity index (χ2v) is 4.84. The van der Waals surface area contributed by atoms with Gasteiger partial charge in [-0.25, -0.2) is 0 Å². The maximum atomic E-state index is 9.73. The SMILES string of the molecule is C#CCCCNCC(O)COc1c(Cl)cccc1Cl. The highest BCUT2D eigenvalue weighted by atomic mass is 35.5. The number of nitrogens with one attached hydrogen (secondary N) is 1. The number of rotatable bonds is 8. The molecular weight excluding hydrogens is 285 g/mol. The van der Waals surface area contributed by atoms with E-state index in [1.807, 2.05) is 0 Å². The maximum absolute atomic E-state index is 9.73. The molecule has 0 aromatic heterocycles. The predicted octanol–water partition coefficient (Wildman–Crippen LogP) is 2.74. The summed E-state index contributed by atoms with van der Waals surface area (Å²) in [7, 11) is 0. The van der Waals surface area contributed by atoms with Crippen LogP contribution in [0.4, 0.5) is 0 Å². The summed E-state index contributed by atoms with van der Waals surface area (Å²) in [5, 5.41) is 13.7. The van der Waals surface area contributed by atoms with Gasteiger partial charge in [-0.2, -0.15) is 0 Å². The molecular formula is C14H17Cl2NO2. The number of para-hydroxylation sites is 1. The minimum Gasteiger partial charge on any atom is -0.488 e. The van der Waals surface area contributed by atoms with E-state index in [-0.39, 0.29) is 6.61 Å². The smallest absolute Gasteiger partial charge is 0.156 e. The normalized spacial score (nSPS) is 11.9. The Morgan fingerprint density at radius 3 is 2.68 bits per heavy atom. The number of terminal acetylenes is 1. The summed E-state index contributed by atoms with van der Waals surface area (Å²) in [5.74, 6) is 2.96. The number of halogens is 2. The summed E-state index contributed by atoms with van der Waals surface area (Å²) < 4.78 is 5.42. The van der Waals surface area contributed by atoms with E-state index in [0.717, 1.165) is 19.4 Å². The van der Waals surface area contributed by atoms with Crippen molar-refractivity contribution in [2.45, 2.75) is 18.9 Å². The van der Waals surface area contributed by atoms with Crippen molar-refractivity contribution in [2.24, 2.45) is 0 Å². The van der Waals surface area contributed by atoms with Crippen molar-refractivity contribution in [1.29, 1.82) is 0 Å². The standard InChI is InChI=1S/C14H17Cl2NO2/c1-2-3-4-8-17-9-11(18)10-19-14-12(15)6-5-7-13(14)16/h1,5-7,11,17-18H,3-4,8-10H2. The fourth-order valence-electron chi connectivity index (χ4n) is 1.44. The first-order valence-electron chi connectivity index (χ1n) is 6.04. The highest BCUT2D eigenvalue weighted by Gasteiger charge is 2.10. The van der Waals surface area contributed by atoms with Crippen LogP contribution in [0.15, 0.2) is 18.2 Å². The number of hydrogen-bond acceptors (Lipinski definition) is 3. The molecule has 1 rings (SSSR count). The number of aliphatic hydroxyl groups excluding tert-OH is 1. The lowest BCUT2D eigenvalue weighted by Gasteiger charge is -2.14. The van der Waals surface area contributed by atoms with Crippen molar-refractivity contribution in [2.75, 3.05) is 19.7 Å². The van der Waals surface area contributed by atoms with Gasteiger partial charge in [0.1, 0.15) is 12.7 Å². The van der Waals surface area contributed by atoms with Gasteiger partial charge >= 0.3 is 0 Å². The van der Waals surface area contributed by atoms with E-state index in [1.165, 1.54) is 0 Å². The quantitative estimate of drug-likeness (QED) is 0.573. The highest BCUT2D eigenvalue weighted by Crippen LogP contribution is 2.32. The van der Waals surface area contributed by atoms with Gasteiger partial charge in [0.15, 0.2) is 5.75 Å². The average Bonchev–Trinajstić information content (AvgIpc) is 2.38. The summed E-state index contributed by atoms with van der Waals surface area (Å²) in [4.78, 5) is 0. The van der Waals surface area contributed by atoms with Gasteiger partial charge in [-0.15, -0.1) is 12.3 Å². The first-order valence-corrected chi connectivity index (χ1v) is 6.79. The van der Waals surface area contributed by atoms with E-state index in [9.17, 15) is 5.11 Å². The molecule has 0 bridgehead atoms. The molecule has 0 aliphatic carbocycles. The number of aliphatic hydroxyl groups is 1. The maximum Gasteiger partial charge on any atom is 0.156 e. The van der Waals surface area contributed by atoms with E-state index >= 15 is 0 Å². The molecule has 0 fully saturated rings. The number of ether oxygens (including phenoxy) is 1. The Hall–Kier alpha value is -0.920. The molecule has 19 heavy (non-hydrogen) atoms. The van der Waals surface area contributed by atoms with Gasteiger partial charge in [-0.3, -0.25) is 0 Å². The fraction of sp³-hybridized carbons (Fsp3) is 0.429. The highest BCUT2D eigenvalue weighted by molar-refractivity contribution is 6.37. The molecule has 0 saturated heterocycles. The van der Waals surface area contributed by atoms with Gasteiger partial charge in [-0.05, 0) is 25.1 Å². The molecule has 1 aromatic carbocycles. The van der Waals surface area contributed by atoms with E-state index in [0.29, 0.717) is 22.3 Å². The second-order valence-electron chi connectivity index (χ2n) is 4.03. The zero-order chi connectivity index (χ0) is 14.1. The van der Waals surface area contributed by atoms with Crippen LogP contribution in [0.5, 0.6) is 5.75 Å². The predicted molar refractivity (Wildman–Crippen MR) is 78.9 cm³/mol. The zero-order valence-electron chi connectivity index (χ0n) is 10.5. The monoisotopic (exact) mass is 301 g/mol. The van der Waals surface area contributed by atoms with Gasteiger partial charge < -0.3 is 15.2 Å². The van der Waals surface area contributed by atoms with Crippen LogP contribution in [0.2, 0.25) is 10.0 Å². The average molecular weight is 302 g/mol. The molecule has 1 atom stereocenters. The van der Waals surface area contributed by atoms with Crippen molar-refractivity contribution < 1.29 is 9.84 Å². The van der Waals surface area contributed by atoms with Gasteiger partial charge in [0, 0.05) is 13.0 Å². The summed E-state index contributed by atoms with van der Waals surface area (Å²) in [6.45, 7) is 1.34. The van der Waals surface area contributed by atoms with Crippen LogP contribution in [0.25, 0.3) is 0 Å². The van der Waals surface area contributed by atoms with Crippen molar-refractivity contribution in [3.05, 3.63) is 28.2 Å². The van der Waals surface area contributed by atoms with Crippen molar-refractivity contribution >= 4 is 23.2 Å². The van der Waals surface area contributed by atoms with Gasteiger partial charge in [0.25, 0.3) is 0 Å². The summed E-state index contributed by atoms with van der Waals surface area (Å²) in [6.07, 6.45) is 6.13. The Labute approximate surface area is 123 Å². The third-order valence-electron chi connectivity index (χ3n) is 2.39. The van der Waals surface area contributed by atoms with Crippen LogP contribution in [0.3, 0.4) is 0 Å². The molecule has 0 spiro atoms. The molecule has 1 unspecified atom stereocenters. The molecule has 0 saturated carbocycles. The Kier molecular flexibility index (Phi) is 7.69. The molecule has 0 aliphatic heterocycles. The molecule has 0 amide bonds. The van der Waals surface area contributed by atoms with E-state index < -0.39 is 6.10 Å². The minimum atomic E-state index is -0.627. The van der Waals surface area contributed by atoms with Crippen molar-refractivity contribution in [3.8, 4) is 18.1 Å². The van der Waals surface area contributed by atoms with Crippen LogP contribution >= 0.6 is 23.2 Å². The molecule has 0 aliphatic rings. The Morgan fingerprint density at radius 2 is 2.05 bits per heavy atom. The number of benzene rings is 1. The van der Waals surface area contributed by atoms with Gasteiger partial charge in [0.05, 0.1) is 10.0 Å². The first kappa shape index (κ1) is 16.1. The van der Waals surface area contributed by atoms with Crippen LogP contribution < -0.4 is 10.1 Å². The molecule has 1 aromatic rings.